The molecule has 76 valence electrons. The molecule has 1 aromatic carbocycles. The molecule has 14 heavy (non-hydrogen) atoms. The van der Waals surface area contributed by atoms with Crippen molar-refractivity contribution in [3.63, 3.8) is 0 Å². The minimum Gasteiger partial charge on any atom is -0.459 e. The second-order valence-corrected chi connectivity index (χ2v) is 4.07. The number of carbonyl (C=O) groups is 1. The van der Waals surface area contributed by atoms with Crippen molar-refractivity contribution < 1.29 is 9.53 Å². The Bertz CT molecular complexity index is 321. The van der Waals surface area contributed by atoms with Crippen molar-refractivity contribution >= 4 is 17.7 Å². The average molecular weight is 210 g/mol. The lowest BCUT2D eigenvalue weighted by atomic mass is 10.2. The molecule has 0 aliphatic rings. The monoisotopic (exact) mass is 210 g/mol. The molecular weight excluding hydrogens is 196 g/mol. The Morgan fingerprint density at radius 2 is 2.14 bits per heavy atom. The fraction of sp³-hybridized carbons (Fsp3) is 0.364. The largest absolute Gasteiger partial charge is 0.459 e. The number of ether oxygens (including phenoxy) is 1. The molecule has 0 saturated heterocycles. The van der Waals surface area contributed by atoms with Crippen LogP contribution in [0.3, 0.4) is 0 Å². The Labute approximate surface area is 88.7 Å². The SMILES string of the molecule is CSc1cccc(C(=O)OC(C)C)c1. The molecule has 0 unspecified atom stereocenters. The van der Waals surface area contributed by atoms with Crippen molar-refractivity contribution in [2.75, 3.05) is 6.26 Å². The number of hydrogen-bond acceptors (Lipinski definition) is 3. The van der Waals surface area contributed by atoms with Gasteiger partial charge in [-0.05, 0) is 38.3 Å². The van der Waals surface area contributed by atoms with Crippen LogP contribution in [-0.2, 0) is 4.74 Å². The van der Waals surface area contributed by atoms with Gasteiger partial charge in [0.1, 0.15) is 0 Å². The molecule has 1 aromatic rings. The molecular formula is C11H14O2S. The Morgan fingerprint density at radius 1 is 1.43 bits per heavy atom. The quantitative estimate of drug-likeness (QED) is 0.566. The zero-order chi connectivity index (χ0) is 10.6. The molecule has 0 aliphatic carbocycles. The van der Waals surface area contributed by atoms with Crippen LogP contribution in [0.4, 0.5) is 0 Å². The van der Waals surface area contributed by atoms with Gasteiger partial charge < -0.3 is 4.74 Å². The average Bonchev–Trinajstić information content (AvgIpc) is 2.17. The second kappa shape index (κ2) is 5.05. The third-order valence-electron chi connectivity index (χ3n) is 1.65. The summed E-state index contributed by atoms with van der Waals surface area (Å²) in [5.41, 5.74) is 0.616. The van der Waals surface area contributed by atoms with Crippen LogP contribution in [0.2, 0.25) is 0 Å². The van der Waals surface area contributed by atoms with Crippen LogP contribution in [0.15, 0.2) is 29.2 Å². The first-order valence-corrected chi connectivity index (χ1v) is 5.71. The number of rotatable bonds is 3. The molecule has 0 aliphatic heterocycles. The van der Waals surface area contributed by atoms with Crippen LogP contribution in [0.5, 0.6) is 0 Å². The normalized spacial score (nSPS) is 10.3. The highest BCUT2D eigenvalue weighted by Gasteiger charge is 2.08. The summed E-state index contributed by atoms with van der Waals surface area (Å²) in [7, 11) is 0. The lowest BCUT2D eigenvalue weighted by Crippen LogP contribution is -2.11. The highest BCUT2D eigenvalue weighted by atomic mass is 32.2. The van der Waals surface area contributed by atoms with Crippen LogP contribution >= 0.6 is 11.8 Å². The van der Waals surface area contributed by atoms with Gasteiger partial charge >= 0.3 is 5.97 Å². The van der Waals surface area contributed by atoms with E-state index in [1.807, 2.05) is 38.3 Å². The topological polar surface area (TPSA) is 26.3 Å². The Hall–Kier alpha value is -0.960. The molecule has 0 N–H and O–H groups in total. The van der Waals surface area contributed by atoms with Crippen molar-refractivity contribution in [1.82, 2.24) is 0 Å². The molecule has 0 bridgehead atoms. The van der Waals surface area contributed by atoms with Crippen LogP contribution in [-0.4, -0.2) is 18.3 Å². The number of carbonyl (C=O) groups excluding carboxylic acids is 1. The Balaban J connectivity index is 2.79. The van der Waals surface area contributed by atoms with Crippen molar-refractivity contribution in [3.05, 3.63) is 29.8 Å². The van der Waals surface area contributed by atoms with E-state index in [2.05, 4.69) is 0 Å². The van der Waals surface area contributed by atoms with Gasteiger partial charge in [-0.1, -0.05) is 6.07 Å². The standard InChI is InChI=1S/C11H14O2S/c1-8(2)13-11(12)9-5-4-6-10(7-9)14-3/h4-8H,1-3H3. The van der Waals surface area contributed by atoms with Crippen LogP contribution in [0.1, 0.15) is 24.2 Å². The summed E-state index contributed by atoms with van der Waals surface area (Å²) in [5.74, 6) is -0.254. The minimum atomic E-state index is -0.254. The molecule has 0 spiro atoms. The lowest BCUT2D eigenvalue weighted by molar-refractivity contribution is 0.0377. The van der Waals surface area contributed by atoms with Gasteiger partial charge in [0.05, 0.1) is 11.7 Å². The van der Waals surface area contributed by atoms with Crippen molar-refractivity contribution in [2.45, 2.75) is 24.8 Å². The fourth-order valence-corrected chi connectivity index (χ4v) is 1.49. The third kappa shape index (κ3) is 3.07. The first-order chi connectivity index (χ1) is 6.63. The highest BCUT2D eigenvalue weighted by molar-refractivity contribution is 7.98. The summed E-state index contributed by atoms with van der Waals surface area (Å²) in [5, 5.41) is 0. The van der Waals surface area contributed by atoms with Crippen LogP contribution < -0.4 is 0 Å². The van der Waals surface area contributed by atoms with Gasteiger partial charge in [-0.3, -0.25) is 0 Å². The number of benzene rings is 1. The molecule has 2 nitrogen and oxygen atoms in total. The van der Waals surface area contributed by atoms with Gasteiger partial charge in [0.2, 0.25) is 0 Å². The van der Waals surface area contributed by atoms with E-state index in [1.165, 1.54) is 0 Å². The molecule has 0 amide bonds. The van der Waals surface area contributed by atoms with Gasteiger partial charge in [0.15, 0.2) is 0 Å². The van der Waals surface area contributed by atoms with Crippen LogP contribution in [0, 0.1) is 0 Å². The number of thioether (sulfide) groups is 1. The lowest BCUT2D eigenvalue weighted by Gasteiger charge is -2.08. The van der Waals surface area contributed by atoms with E-state index in [-0.39, 0.29) is 12.1 Å². The molecule has 0 fully saturated rings. The predicted molar refractivity (Wildman–Crippen MR) is 58.8 cm³/mol. The van der Waals surface area contributed by atoms with Crippen molar-refractivity contribution in [3.8, 4) is 0 Å². The van der Waals surface area contributed by atoms with E-state index < -0.39 is 0 Å². The summed E-state index contributed by atoms with van der Waals surface area (Å²) in [6.45, 7) is 3.69. The van der Waals surface area contributed by atoms with Gasteiger partial charge in [-0.25, -0.2) is 4.79 Å². The second-order valence-electron chi connectivity index (χ2n) is 3.19. The zero-order valence-electron chi connectivity index (χ0n) is 8.61. The molecule has 0 aromatic heterocycles. The number of hydrogen-bond donors (Lipinski definition) is 0. The maximum atomic E-state index is 11.5. The fourth-order valence-electron chi connectivity index (χ4n) is 1.03. The third-order valence-corrected chi connectivity index (χ3v) is 2.37. The van der Waals surface area contributed by atoms with Gasteiger partial charge in [-0.15, -0.1) is 11.8 Å². The molecule has 1 rings (SSSR count). The van der Waals surface area contributed by atoms with E-state index in [9.17, 15) is 4.79 Å². The van der Waals surface area contributed by atoms with E-state index in [0.717, 1.165) is 4.90 Å². The smallest absolute Gasteiger partial charge is 0.338 e. The first-order valence-electron chi connectivity index (χ1n) is 4.48. The maximum absolute atomic E-state index is 11.5. The zero-order valence-corrected chi connectivity index (χ0v) is 9.43. The number of esters is 1. The highest BCUT2D eigenvalue weighted by Crippen LogP contribution is 2.16. The van der Waals surface area contributed by atoms with E-state index >= 15 is 0 Å². The molecule has 0 saturated carbocycles. The van der Waals surface area contributed by atoms with Gasteiger partial charge in [-0.2, -0.15) is 0 Å². The molecule has 0 atom stereocenters. The maximum Gasteiger partial charge on any atom is 0.338 e. The van der Waals surface area contributed by atoms with Gasteiger partial charge in [0.25, 0.3) is 0 Å². The van der Waals surface area contributed by atoms with E-state index in [0.29, 0.717) is 5.56 Å². The minimum absolute atomic E-state index is 0.0690. The van der Waals surface area contributed by atoms with Crippen molar-refractivity contribution in [2.24, 2.45) is 0 Å². The summed E-state index contributed by atoms with van der Waals surface area (Å²) in [6.07, 6.45) is 1.91. The summed E-state index contributed by atoms with van der Waals surface area (Å²) >= 11 is 1.61. The summed E-state index contributed by atoms with van der Waals surface area (Å²) in [4.78, 5) is 12.6. The van der Waals surface area contributed by atoms with E-state index in [4.69, 9.17) is 4.74 Å². The van der Waals surface area contributed by atoms with Crippen LogP contribution in [0.25, 0.3) is 0 Å². The van der Waals surface area contributed by atoms with Gasteiger partial charge in [0, 0.05) is 4.90 Å². The molecule has 0 heterocycles. The Morgan fingerprint density at radius 3 is 2.71 bits per heavy atom. The summed E-state index contributed by atoms with van der Waals surface area (Å²) < 4.78 is 5.09. The van der Waals surface area contributed by atoms with E-state index in [1.54, 1.807) is 17.8 Å². The Kier molecular flexibility index (Phi) is 4.01. The molecule has 0 radical (unpaired) electrons. The van der Waals surface area contributed by atoms with Crippen molar-refractivity contribution in [1.29, 1.82) is 0 Å². The molecule has 3 heteroatoms. The first kappa shape index (κ1) is 11.1. The predicted octanol–water partition coefficient (Wildman–Crippen LogP) is 2.97. The summed E-state index contributed by atoms with van der Waals surface area (Å²) in [6, 6.07) is 7.44.